The lowest BCUT2D eigenvalue weighted by atomic mass is 9.94. The molecule has 1 aromatic carbocycles. The van der Waals surface area contributed by atoms with Crippen LogP contribution in [0, 0.1) is 23.0 Å². The Balaban J connectivity index is 2.64. The van der Waals surface area contributed by atoms with Gasteiger partial charge >= 0.3 is 5.97 Å². The van der Waals surface area contributed by atoms with E-state index in [1.807, 2.05) is 0 Å². The molecule has 0 aromatic heterocycles. The Bertz CT molecular complexity index is 508. The lowest BCUT2D eigenvalue weighted by Gasteiger charge is -2.12. The number of carbonyl (C=O) groups is 1. The molecule has 2 unspecified atom stereocenters. The molecule has 0 amide bonds. The molecule has 3 nitrogen and oxygen atoms in total. The highest BCUT2D eigenvalue weighted by Crippen LogP contribution is 2.26. The lowest BCUT2D eigenvalue weighted by Crippen LogP contribution is -2.14. The first-order valence-corrected chi connectivity index (χ1v) is 6.66. The summed E-state index contributed by atoms with van der Waals surface area (Å²) in [6.07, 6.45) is -1.49. The van der Waals surface area contributed by atoms with Crippen molar-refractivity contribution in [3.63, 3.8) is 0 Å². The summed E-state index contributed by atoms with van der Waals surface area (Å²) < 4.78 is 44.7. The third-order valence-electron chi connectivity index (χ3n) is 2.92. The number of benzene rings is 1. The predicted molar refractivity (Wildman–Crippen MR) is 69.8 cm³/mol. The maximum Gasteiger partial charge on any atom is 0.308 e. The van der Waals surface area contributed by atoms with Crippen LogP contribution in [0.4, 0.5) is 13.2 Å². The van der Waals surface area contributed by atoms with Crippen LogP contribution < -0.4 is 0 Å². The minimum absolute atomic E-state index is 0.0926. The summed E-state index contributed by atoms with van der Waals surface area (Å²) in [7, 11) is 0. The zero-order valence-electron chi connectivity index (χ0n) is 11.6. The monoisotopic (exact) mass is 299 g/mol. The van der Waals surface area contributed by atoms with E-state index in [1.54, 1.807) is 13.0 Å². The van der Waals surface area contributed by atoms with Crippen LogP contribution >= 0.6 is 0 Å². The van der Waals surface area contributed by atoms with Crippen LogP contribution in [0.25, 0.3) is 0 Å². The lowest BCUT2D eigenvalue weighted by molar-refractivity contribution is -0.158. The van der Waals surface area contributed by atoms with Gasteiger partial charge in [0.1, 0.15) is 11.6 Å². The van der Waals surface area contributed by atoms with Crippen molar-refractivity contribution < 1.29 is 22.7 Å². The molecule has 0 saturated heterocycles. The quantitative estimate of drug-likeness (QED) is 0.715. The number of alkyl halides is 1. The molecule has 1 aromatic rings. The topological polar surface area (TPSA) is 50.1 Å². The zero-order chi connectivity index (χ0) is 15.8. The van der Waals surface area contributed by atoms with Crippen LogP contribution in [0.5, 0.6) is 0 Å². The van der Waals surface area contributed by atoms with E-state index in [2.05, 4.69) is 4.74 Å². The summed E-state index contributed by atoms with van der Waals surface area (Å²) in [5.74, 6) is -3.63. The van der Waals surface area contributed by atoms with Crippen LogP contribution in [0.3, 0.4) is 0 Å². The molecule has 0 aliphatic heterocycles. The molecule has 0 bridgehead atoms. The molecule has 0 spiro atoms. The van der Waals surface area contributed by atoms with Crippen molar-refractivity contribution in [2.24, 2.45) is 0 Å². The van der Waals surface area contributed by atoms with Gasteiger partial charge in [0.05, 0.1) is 12.0 Å². The van der Waals surface area contributed by atoms with E-state index >= 15 is 0 Å². The van der Waals surface area contributed by atoms with Crippen LogP contribution in [0.2, 0.25) is 0 Å². The number of halogens is 3. The van der Waals surface area contributed by atoms with Gasteiger partial charge in [-0.3, -0.25) is 4.79 Å². The molecular weight excluding hydrogens is 283 g/mol. The van der Waals surface area contributed by atoms with Crippen molar-refractivity contribution >= 4 is 5.97 Å². The molecule has 114 valence electrons. The van der Waals surface area contributed by atoms with E-state index in [-0.39, 0.29) is 24.8 Å². The van der Waals surface area contributed by atoms with Gasteiger partial charge in [-0.1, -0.05) is 13.0 Å². The number of carbonyl (C=O) groups excluding carboxylic acids is 1. The van der Waals surface area contributed by atoms with Gasteiger partial charge < -0.3 is 4.74 Å². The van der Waals surface area contributed by atoms with Crippen molar-refractivity contribution in [2.45, 2.75) is 44.9 Å². The van der Waals surface area contributed by atoms with Gasteiger partial charge in [-0.15, -0.1) is 0 Å². The van der Waals surface area contributed by atoms with E-state index in [0.717, 1.165) is 12.1 Å². The van der Waals surface area contributed by atoms with Gasteiger partial charge in [0.2, 0.25) is 6.36 Å². The molecule has 0 heterocycles. The van der Waals surface area contributed by atoms with Crippen LogP contribution in [0.15, 0.2) is 18.2 Å². The Kier molecular flexibility index (Phi) is 6.73. The number of ether oxygens (including phenoxy) is 1. The number of rotatable bonds is 7. The van der Waals surface area contributed by atoms with Gasteiger partial charge in [0.15, 0.2) is 0 Å². The molecule has 21 heavy (non-hydrogen) atoms. The van der Waals surface area contributed by atoms with Crippen molar-refractivity contribution in [3.8, 4) is 6.07 Å². The normalized spacial score (nSPS) is 13.3. The second-order valence-corrected chi connectivity index (χ2v) is 4.54. The second kappa shape index (κ2) is 8.30. The van der Waals surface area contributed by atoms with E-state index in [4.69, 9.17) is 5.26 Å². The maximum absolute atomic E-state index is 13.6. The number of esters is 1. The van der Waals surface area contributed by atoms with E-state index < -0.39 is 29.9 Å². The Hall–Kier alpha value is -2.03. The molecule has 6 heteroatoms. The van der Waals surface area contributed by atoms with E-state index in [9.17, 15) is 18.0 Å². The molecule has 2 atom stereocenters. The fourth-order valence-electron chi connectivity index (χ4n) is 1.87. The molecule has 1 rings (SSSR count). The average Bonchev–Trinajstić information content (AvgIpc) is 2.42. The van der Waals surface area contributed by atoms with E-state index in [0.29, 0.717) is 6.42 Å². The summed E-state index contributed by atoms with van der Waals surface area (Å²) >= 11 is 0. The summed E-state index contributed by atoms with van der Waals surface area (Å²) in [6, 6.07) is 5.03. The molecule has 0 N–H and O–H groups in total. The highest BCUT2D eigenvalue weighted by Gasteiger charge is 2.22. The summed E-state index contributed by atoms with van der Waals surface area (Å²) in [6.45, 7) is 1.74. The number of hydrogen-bond acceptors (Lipinski definition) is 3. The number of nitrogens with zero attached hydrogens (tertiary/aromatic N) is 1. The SMILES string of the molecule is CCCC(F)OC(=O)CCC(C#N)c1c(F)cccc1F. The number of nitriles is 1. The summed E-state index contributed by atoms with van der Waals surface area (Å²) in [5.41, 5.74) is -0.377. The molecular formula is C15H16F3NO2. The van der Waals surface area contributed by atoms with Crippen LogP contribution in [-0.2, 0) is 9.53 Å². The first kappa shape index (κ1) is 17.0. The highest BCUT2D eigenvalue weighted by molar-refractivity contribution is 5.69. The van der Waals surface area contributed by atoms with Gasteiger partial charge in [0, 0.05) is 18.4 Å². The summed E-state index contributed by atoms with van der Waals surface area (Å²) in [4.78, 5) is 11.4. The average molecular weight is 299 g/mol. The van der Waals surface area contributed by atoms with Crippen molar-refractivity contribution in [3.05, 3.63) is 35.4 Å². The predicted octanol–water partition coefficient (Wildman–Crippen LogP) is 3.99. The maximum atomic E-state index is 13.6. The first-order chi connectivity index (χ1) is 9.99. The van der Waals surface area contributed by atoms with E-state index in [1.165, 1.54) is 6.07 Å². The Morgan fingerprint density at radius 2 is 1.95 bits per heavy atom. The molecule has 0 fully saturated rings. The van der Waals surface area contributed by atoms with Gasteiger partial charge in [0.25, 0.3) is 0 Å². The fraction of sp³-hybridized carbons (Fsp3) is 0.467. The third-order valence-corrected chi connectivity index (χ3v) is 2.92. The van der Waals surface area contributed by atoms with Crippen molar-refractivity contribution in [1.29, 1.82) is 5.26 Å². The molecule has 0 saturated carbocycles. The minimum atomic E-state index is -1.69. The third kappa shape index (κ3) is 5.10. The van der Waals surface area contributed by atoms with Crippen LogP contribution in [0.1, 0.15) is 44.1 Å². The second-order valence-electron chi connectivity index (χ2n) is 4.54. The van der Waals surface area contributed by atoms with Gasteiger partial charge in [-0.25, -0.2) is 13.2 Å². The largest absolute Gasteiger partial charge is 0.431 e. The zero-order valence-corrected chi connectivity index (χ0v) is 11.6. The fourth-order valence-corrected chi connectivity index (χ4v) is 1.87. The standard InChI is InChI=1S/C15H16F3NO2/c1-2-4-13(18)21-14(20)8-7-10(9-19)15-11(16)5-3-6-12(15)17/h3,5-6,10,13H,2,4,7-8H2,1H3. The molecule has 0 aliphatic carbocycles. The molecule has 0 aliphatic rings. The minimum Gasteiger partial charge on any atom is -0.431 e. The van der Waals surface area contributed by atoms with Crippen molar-refractivity contribution in [2.75, 3.05) is 0 Å². The smallest absolute Gasteiger partial charge is 0.308 e. The highest BCUT2D eigenvalue weighted by atomic mass is 19.1. The van der Waals surface area contributed by atoms with Crippen molar-refractivity contribution in [1.82, 2.24) is 0 Å². The molecule has 0 radical (unpaired) electrons. The van der Waals surface area contributed by atoms with Crippen LogP contribution in [-0.4, -0.2) is 12.3 Å². The Labute approximate surface area is 121 Å². The number of hydrogen-bond donors (Lipinski definition) is 0. The van der Waals surface area contributed by atoms with Gasteiger partial charge in [-0.05, 0) is 25.0 Å². The Morgan fingerprint density at radius 1 is 1.33 bits per heavy atom. The Morgan fingerprint density at radius 3 is 2.48 bits per heavy atom. The summed E-state index contributed by atoms with van der Waals surface area (Å²) in [5, 5.41) is 9.00. The van der Waals surface area contributed by atoms with Gasteiger partial charge in [-0.2, -0.15) is 5.26 Å². The first-order valence-electron chi connectivity index (χ1n) is 6.66.